The molecule has 0 bridgehead atoms. The van der Waals surface area contributed by atoms with Gasteiger partial charge in [0.25, 0.3) is 0 Å². The van der Waals surface area contributed by atoms with Crippen LogP contribution in [0.5, 0.6) is 0 Å². The second-order valence-electron chi connectivity index (χ2n) is 4.52. The van der Waals surface area contributed by atoms with Gasteiger partial charge < -0.3 is 0 Å². The number of allylic oxidation sites excluding steroid dienone is 7. The summed E-state index contributed by atoms with van der Waals surface area (Å²) in [5, 5.41) is 0. The van der Waals surface area contributed by atoms with Gasteiger partial charge in [-0.1, -0.05) is 0 Å². The van der Waals surface area contributed by atoms with Crippen molar-refractivity contribution in [3.05, 3.63) is 75.8 Å². The average Bonchev–Trinajstić information content (AvgIpc) is 2.43. The van der Waals surface area contributed by atoms with Crippen LogP contribution in [-0.4, -0.2) is 19.8 Å². The summed E-state index contributed by atoms with van der Waals surface area (Å²) in [6, 6.07) is 8.67. The van der Waals surface area contributed by atoms with Gasteiger partial charge in [0.15, 0.2) is 0 Å². The van der Waals surface area contributed by atoms with Gasteiger partial charge in [-0.15, -0.1) is 0 Å². The normalized spacial score (nSPS) is 21.1. The molecule has 3 rings (SSSR count). The van der Waals surface area contributed by atoms with Crippen molar-refractivity contribution in [3.8, 4) is 0 Å². The third-order valence-electron chi connectivity index (χ3n) is 3.29. The van der Waals surface area contributed by atoms with Crippen LogP contribution in [0, 0.1) is 0 Å². The Bertz CT molecular complexity index is 598. The molecule has 0 unspecified atom stereocenters. The fraction of sp³-hybridized carbons (Fsp3) is 0.118. The van der Waals surface area contributed by atoms with Crippen LogP contribution < -0.4 is 0 Å². The zero-order valence-electron chi connectivity index (χ0n) is 10.3. The first-order valence-electron chi connectivity index (χ1n) is 6.34. The van der Waals surface area contributed by atoms with E-state index >= 15 is 0 Å². The summed E-state index contributed by atoms with van der Waals surface area (Å²) in [5.74, 6) is 0. The van der Waals surface area contributed by atoms with Crippen LogP contribution in [0.1, 0.15) is 17.5 Å². The summed E-state index contributed by atoms with van der Waals surface area (Å²) in [6.45, 7) is 0. The number of hydrogen-bond acceptors (Lipinski definition) is 0. The molecular weight excluding hydrogens is 277 g/mol. The summed E-state index contributed by atoms with van der Waals surface area (Å²) in [5.41, 5.74) is 4.22. The maximum atomic E-state index is 2.36. The molecule has 1 heterocycles. The molecule has 2 aliphatic rings. The summed E-state index contributed by atoms with van der Waals surface area (Å²) in [4.78, 5) is 2.36. The SMILES string of the molecule is C1=CC2=[C](C/C=C\c3ccccc3C/C=C\2)[Ge]=[CH]1. The van der Waals surface area contributed by atoms with Gasteiger partial charge in [-0.25, -0.2) is 0 Å². The predicted octanol–water partition coefficient (Wildman–Crippen LogP) is 3.53. The molecule has 0 atom stereocenters. The van der Waals surface area contributed by atoms with Gasteiger partial charge in [0.05, 0.1) is 0 Å². The maximum absolute atomic E-state index is 2.36. The molecule has 18 heavy (non-hydrogen) atoms. The van der Waals surface area contributed by atoms with Gasteiger partial charge in [0.1, 0.15) is 0 Å². The van der Waals surface area contributed by atoms with Gasteiger partial charge in [-0.3, -0.25) is 0 Å². The first-order chi connectivity index (χ1) is 8.93. The average molecular weight is 292 g/mol. The summed E-state index contributed by atoms with van der Waals surface area (Å²) >= 11 is -0.0349. The first-order valence-corrected chi connectivity index (χ1v) is 8.60. The van der Waals surface area contributed by atoms with Gasteiger partial charge in [0, 0.05) is 0 Å². The Morgan fingerprint density at radius 3 is 2.78 bits per heavy atom. The van der Waals surface area contributed by atoms with Gasteiger partial charge in [0.2, 0.25) is 0 Å². The molecule has 1 aliphatic heterocycles. The molecule has 0 saturated heterocycles. The third-order valence-corrected chi connectivity index (χ3v) is 5.81. The van der Waals surface area contributed by atoms with Crippen molar-refractivity contribution in [1.29, 1.82) is 0 Å². The molecule has 0 saturated carbocycles. The molecule has 0 N–H and O–H groups in total. The van der Waals surface area contributed by atoms with Crippen LogP contribution in [0.2, 0.25) is 0 Å². The third kappa shape index (κ3) is 2.54. The summed E-state index contributed by atoms with van der Waals surface area (Å²) < 4.78 is 1.64. The van der Waals surface area contributed by atoms with Crippen molar-refractivity contribution in [2.24, 2.45) is 0 Å². The molecule has 87 valence electrons. The van der Waals surface area contributed by atoms with Crippen molar-refractivity contribution < 1.29 is 0 Å². The van der Waals surface area contributed by atoms with Crippen LogP contribution in [0.25, 0.3) is 6.08 Å². The Morgan fingerprint density at radius 2 is 1.78 bits per heavy atom. The monoisotopic (exact) mass is 293 g/mol. The zero-order valence-corrected chi connectivity index (χ0v) is 12.4. The van der Waals surface area contributed by atoms with Crippen LogP contribution in [-0.2, 0) is 6.42 Å². The fourth-order valence-electron chi connectivity index (χ4n) is 2.32. The minimum atomic E-state index is -0.0349. The molecular formula is C17H15Ge. The quantitative estimate of drug-likeness (QED) is 0.642. The molecule has 1 aromatic rings. The number of rotatable bonds is 0. The Morgan fingerprint density at radius 1 is 0.889 bits per heavy atom. The van der Waals surface area contributed by atoms with E-state index < -0.39 is 0 Å². The van der Waals surface area contributed by atoms with E-state index in [2.05, 4.69) is 65.6 Å². The van der Waals surface area contributed by atoms with E-state index in [9.17, 15) is 0 Å². The second kappa shape index (κ2) is 5.49. The first kappa shape index (κ1) is 11.7. The Kier molecular flexibility index (Phi) is 3.56. The Hall–Kier alpha value is -1.41. The zero-order chi connectivity index (χ0) is 12.2. The van der Waals surface area contributed by atoms with E-state index in [-0.39, 0.29) is 15.0 Å². The van der Waals surface area contributed by atoms with E-state index in [4.69, 9.17) is 0 Å². The molecule has 0 fully saturated rings. The molecule has 1 heteroatoms. The molecule has 0 amide bonds. The van der Waals surface area contributed by atoms with Crippen LogP contribution in [0.15, 0.2) is 64.6 Å². The van der Waals surface area contributed by atoms with Crippen molar-refractivity contribution >= 4 is 25.9 Å². The molecule has 1 radical (unpaired) electrons. The number of hydrogen-bond donors (Lipinski definition) is 0. The van der Waals surface area contributed by atoms with E-state index in [0.29, 0.717) is 0 Å². The Balaban J connectivity index is 1.99. The van der Waals surface area contributed by atoms with E-state index in [1.807, 2.05) is 0 Å². The van der Waals surface area contributed by atoms with E-state index in [1.54, 1.807) is 4.41 Å². The molecule has 0 nitrogen and oxygen atoms in total. The minimum absolute atomic E-state index is 0.0349. The number of fused-ring (bicyclic) bond motifs is 1. The van der Waals surface area contributed by atoms with Crippen LogP contribution in [0.3, 0.4) is 0 Å². The fourth-order valence-corrected chi connectivity index (χ4v) is 4.34. The van der Waals surface area contributed by atoms with Crippen molar-refractivity contribution in [1.82, 2.24) is 0 Å². The van der Waals surface area contributed by atoms with Crippen molar-refractivity contribution in [3.63, 3.8) is 0 Å². The second-order valence-corrected chi connectivity index (χ2v) is 7.09. The van der Waals surface area contributed by atoms with E-state index in [1.165, 1.54) is 16.7 Å². The van der Waals surface area contributed by atoms with Crippen molar-refractivity contribution in [2.45, 2.75) is 12.8 Å². The van der Waals surface area contributed by atoms with Gasteiger partial charge in [-0.2, -0.15) is 0 Å². The molecule has 1 aromatic carbocycles. The van der Waals surface area contributed by atoms with Crippen molar-refractivity contribution in [2.75, 3.05) is 0 Å². The molecule has 0 aromatic heterocycles. The summed E-state index contributed by atoms with van der Waals surface area (Å²) in [6.07, 6.45) is 15.8. The van der Waals surface area contributed by atoms with E-state index in [0.717, 1.165) is 12.8 Å². The molecule has 0 spiro atoms. The van der Waals surface area contributed by atoms with Gasteiger partial charge in [-0.05, 0) is 0 Å². The topological polar surface area (TPSA) is 0 Å². The number of benzene rings is 1. The van der Waals surface area contributed by atoms with Crippen LogP contribution in [0.4, 0.5) is 0 Å². The Labute approximate surface area is 114 Å². The van der Waals surface area contributed by atoms with Crippen LogP contribution >= 0.6 is 0 Å². The molecule has 1 aliphatic carbocycles. The standard InChI is InChI=1S/C17H15Ge/c1-2-7-15-9-4-12-17-16(11-5-13-18-17)10-3-8-14(15)6-1/h1-7,9-11,13H,8,12H2/b9-4-,10-3-. The predicted molar refractivity (Wildman–Crippen MR) is 80.9 cm³/mol. The summed E-state index contributed by atoms with van der Waals surface area (Å²) in [7, 11) is 0. The van der Waals surface area contributed by atoms with Gasteiger partial charge >= 0.3 is 115 Å².